The zero-order valence-electron chi connectivity index (χ0n) is 9.61. The van der Waals surface area contributed by atoms with E-state index in [1.54, 1.807) is 6.92 Å². The first kappa shape index (κ1) is 13.0. The molecule has 0 bridgehead atoms. The maximum absolute atomic E-state index is 11.4. The summed E-state index contributed by atoms with van der Waals surface area (Å²) in [5.41, 5.74) is 5.41. The molecule has 16 heavy (non-hydrogen) atoms. The third kappa shape index (κ3) is 3.48. The maximum Gasteiger partial charge on any atom is 0.326 e. The van der Waals surface area contributed by atoms with Crippen molar-refractivity contribution in [3.8, 4) is 0 Å². The Hall–Kier alpha value is -1.10. The topological polar surface area (TPSA) is 92.4 Å². The Balaban J connectivity index is 2.59. The van der Waals surface area contributed by atoms with Crippen molar-refractivity contribution in [3.63, 3.8) is 0 Å². The standard InChI is InChI=1S/C11H20N2O3/c1-7(12)10(14)13-9(11(15)16)8-5-3-2-4-6-8/h7-9H,2-6,12H2,1H3,(H,13,14)(H,15,16). The molecule has 2 atom stereocenters. The molecule has 5 nitrogen and oxygen atoms in total. The number of nitrogens with one attached hydrogen (secondary N) is 1. The van der Waals surface area contributed by atoms with Crippen molar-refractivity contribution < 1.29 is 14.7 Å². The number of carbonyl (C=O) groups excluding carboxylic acids is 1. The number of rotatable bonds is 4. The van der Waals surface area contributed by atoms with E-state index in [1.165, 1.54) is 0 Å². The molecule has 0 aromatic heterocycles. The van der Waals surface area contributed by atoms with Crippen LogP contribution in [0.1, 0.15) is 39.0 Å². The maximum atomic E-state index is 11.4. The van der Waals surface area contributed by atoms with E-state index in [4.69, 9.17) is 10.8 Å². The average molecular weight is 228 g/mol. The normalized spacial score (nSPS) is 21.1. The Labute approximate surface area is 95.4 Å². The van der Waals surface area contributed by atoms with Crippen molar-refractivity contribution in [3.05, 3.63) is 0 Å². The van der Waals surface area contributed by atoms with Gasteiger partial charge < -0.3 is 16.2 Å². The van der Waals surface area contributed by atoms with Gasteiger partial charge in [0, 0.05) is 0 Å². The zero-order valence-corrected chi connectivity index (χ0v) is 9.61. The van der Waals surface area contributed by atoms with Crippen LogP contribution in [0.3, 0.4) is 0 Å². The van der Waals surface area contributed by atoms with E-state index in [1.807, 2.05) is 0 Å². The molecule has 4 N–H and O–H groups in total. The number of aliphatic carboxylic acids is 1. The Kier molecular flexibility index (Phi) is 4.73. The van der Waals surface area contributed by atoms with Gasteiger partial charge in [-0.2, -0.15) is 0 Å². The van der Waals surface area contributed by atoms with Crippen molar-refractivity contribution >= 4 is 11.9 Å². The highest BCUT2D eigenvalue weighted by Gasteiger charge is 2.31. The predicted molar refractivity (Wildman–Crippen MR) is 59.8 cm³/mol. The molecule has 0 aliphatic heterocycles. The van der Waals surface area contributed by atoms with Crippen LogP contribution < -0.4 is 11.1 Å². The van der Waals surface area contributed by atoms with Gasteiger partial charge in [0.05, 0.1) is 6.04 Å². The first-order chi connectivity index (χ1) is 7.52. The summed E-state index contributed by atoms with van der Waals surface area (Å²) in [4.78, 5) is 22.5. The summed E-state index contributed by atoms with van der Waals surface area (Å²) < 4.78 is 0. The second-order valence-electron chi connectivity index (χ2n) is 4.51. The molecule has 1 aliphatic carbocycles. The van der Waals surface area contributed by atoms with Crippen LogP contribution in [0.2, 0.25) is 0 Å². The lowest BCUT2D eigenvalue weighted by Crippen LogP contribution is -2.51. The van der Waals surface area contributed by atoms with Crippen LogP contribution in [0.15, 0.2) is 0 Å². The number of amides is 1. The number of carboxylic acids is 1. The van der Waals surface area contributed by atoms with E-state index in [0.29, 0.717) is 0 Å². The summed E-state index contributed by atoms with van der Waals surface area (Å²) in [6.45, 7) is 1.55. The minimum absolute atomic E-state index is 0.0500. The van der Waals surface area contributed by atoms with E-state index >= 15 is 0 Å². The molecule has 92 valence electrons. The van der Waals surface area contributed by atoms with E-state index in [0.717, 1.165) is 32.1 Å². The number of hydrogen-bond acceptors (Lipinski definition) is 3. The molecule has 1 fully saturated rings. The fourth-order valence-electron chi connectivity index (χ4n) is 2.13. The number of hydrogen-bond donors (Lipinski definition) is 3. The smallest absolute Gasteiger partial charge is 0.326 e. The molecule has 0 aromatic rings. The van der Waals surface area contributed by atoms with Gasteiger partial charge in [-0.25, -0.2) is 4.79 Å². The van der Waals surface area contributed by atoms with Gasteiger partial charge in [-0.05, 0) is 25.7 Å². The van der Waals surface area contributed by atoms with Crippen molar-refractivity contribution in [1.29, 1.82) is 0 Å². The van der Waals surface area contributed by atoms with Crippen LogP contribution >= 0.6 is 0 Å². The highest BCUT2D eigenvalue weighted by atomic mass is 16.4. The number of nitrogens with two attached hydrogens (primary N) is 1. The largest absolute Gasteiger partial charge is 0.480 e. The predicted octanol–water partition coefficient (Wildman–Crippen LogP) is 0.483. The van der Waals surface area contributed by atoms with Gasteiger partial charge in [-0.3, -0.25) is 4.79 Å². The molecule has 0 radical (unpaired) electrons. The van der Waals surface area contributed by atoms with E-state index in [2.05, 4.69) is 5.32 Å². The Morgan fingerprint density at radius 1 is 1.31 bits per heavy atom. The van der Waals surface area contributed by atoms with E-state index in [9.17, 15) is 9.59 Å². The minimum atomic E-state index is -0.957. The number of carboxylic acid groups (broad SMARTS) is 1. The summed E-state index contributed by atoms with van der Waals surface area (Å²) in [6.07, 6.45) is 4.99. The number of carbonyl (C=O) groups is 2. The quantitative estimate of drug-likeness (QED) is 0.652. The highest BCUT2D eigenvalue weighted by Crippen LogP contribution is 2.26. The average Bonchev–Trinajstić information content (AvgIpc) is 2.26. The molecule has 1 saturated carbocycles. The fraction of sp³-hybridized carbons (Fsp3) is 0.818. The SMILES string of the molecule is CC(N)C(=O)NC(C(=O)O)C1CCCCC1. The summed E-state index contributed by atoms with van der Waals surface area (Å²) >= 11 is 0. The lowest BCUT2D eigenvalue weighted by atomic mass is 9.84. The fourth-order valence-corrected chi connectivity index (χ4v) is 2.13. The lowest BCUT2D eigenvalue weighted by Gasteiger charge is -2.28. The third-order valence-corrected chi connectivity index (χ3v) is 3.10. The van der Waals surface area contributed by atoms with Crippen LogP contribution in [0.4, 0.5) is 0 Å². The van der Waals surface area contributed by atoms with Crippen molar-refractivity contribution in [2.45, 2.75) is 51.1 Å². The summed E-state index contributed by atoms with van der Waals surface area (Å²) in [5, 5.41) is 11.6. The molecular formula is C11H20N2O3. The van der Waals surface area contributed by atoms with Gasteiger partial charge in [-0.15, -0.1) is 0 Å². The molecular weight excluding hydrogens is 208 g/mol. The zero-order chi connectivity index (χ0) is 12.1. The van der Waals surface area contributed by atoms with E-state index in [-0.39, 0.29) is 5.92 Å². The van der Waals surface area contributed by atoms with Gasteiger partial charge >= 0.3 is 5.97 Å². The van der Waals surface area contributed by atoms with Gasteiger partial charge in [0.25, 0.3) is 0 Å². The highest BCUT2D eigenvalue weighted by molar-refractivity contribution is 5.86. The molecule has 1 amide bonds. The summed E-state index contributed by atoms with van der Waals surface area (Å²) in [6, 6.07) is -1.44. The van der Waals surface area contributed by atoms with Crippen LogP contribution in [0, 0.1) is 5.92 Å². The second kappa shape index (κ2) is 5.84. The summed E-state index contributed by atoms with van der Waals surface area (Å²) in [7, 11) is 0. The monoisotopic (exact) mass is 228 g/mol. The molecule has 5 heteroatoms. The first-order valence-electron chi connectivity index (χ1n) is 5.81. The van der Waals surface area contributed by atoms with Crippen molar-refractivity contribution in [1.82, 2.24) is 5.32 Å². The van der Waals surface area contributed by atoms with Crippen molar-refractivity contribution in [2.75, 3.05) is 0 Å². The Morgan fingerprint density at radius 3 is 2.31 bits per heavy atom. The van der Waals surface area contributed by atoms with Crippen LogP contribution in [0.5, 0.6) is 0 Å². The molecule has 0 aromatic carbocycles. The van der Waals surface area contributed by atoms with E-state index < -0.39 is 24.0 Å². The third-order valence-electron chi connectivity index (χ3n) is 3.10. The molecule has 0 saturated heterocycles. The van der Waals surface area contributed by atoms with Crippen molar-refractivity contribution in [2.24, 2.45) is 11.7 Å². The molecule has 0 heterocycles. The van der Waals surface area contributed by atoms with Crippen LogP contribution in [-0.4, -0.2) is 29.1 Å². The molecule has 2 unspecified atom stereocenters. The molecule has 1 aliphatic rings. The molecule has 1 rings (SSSR count). The van der Waals surface area contributed by atoms with Gasteiger partial charge in [-0.1, -0.05) is 19.3 Å². The van der Waals surface area contributed by atoms with Gasteiger partial charge in [0.15, 0.2) is 0 Å². The first-order valence-corrected chi connectivity index (χ1v) is 5.81. The minimum Gasteiger partial charge on any atom is -0.480 e. The molecule has 0 spiro atoms. The van der Waals surface area contributed by atoms with Crippen LogP contribution in [0.25, 0.3) is 0 Å². The Morgan fingerprint density at radius 2 is 1.88 bits per heavy atom. The van der Waals surface area contributed by atoms with Crippen LogP contribution in [-0.2, 0) is 9.59 Å². The summed E-state index contributed by atoms with van der Waals surface area (Å²) in [5.74, 6) is -1.30. The lowest BCUT2D eigenvalue weighted by molar-refractivity contribution is -0.144. The Bertz CT molecular complexity index is 260. The second-order valence-corrected chi connectivity index (χ2v) is 4.51. The van der Waals surface area contributed by atoms with Gasteiger partial charge in [0.1, 0.15) is 6.04 Å². The van der Waals surface area contributed by atoms with Gasteiger partial charge in [0.2, 0.25) is 5.91 Å².